The average molecular weight is 383 g/mol. The van der Waals surface area contributed by atoms with Crippen molar-refractivity contribution in [2.45, 2.75) is 51.3 Å². The molecule has 1 aromatic rings. The Labute approximate surface area is 145 Å². The molecule has 0 saturated heterocycles. The predicted octanol–water partition coefficient (Wildman–Crippen LogP) is 4.84. The van der Waals surface area contributed by atoms with Gasteiger partial charge >= 0.3 is 0 Å². The molecule has 1 aliphatic rings. The summed E-state index contributed by atoms with van der Waals surface area (Å²) in [5.41, 5.74) is 6.22. The number of hydrazone groups is 1. The first kappa shape index (κ1) is 17.5. The highest BCUT2D eigenvalue weighted by atomic mass is 79.9. The van der Waals surface area contributed by atoms with Crippen LogP contribution in [0.5, 0.6) is 0 Å². The van der Waals surface area contributed by atoms with Gasteiger partial charge in [0.25, 0.3) is 0 Å². The first-order valence-corrected chi connectivity index (χ1v) is 9.50. The van der Waals surface area contributed by atoms with E-state index < -0.39 is 0 Å². The maximum atomic E-state index is 12.0. The molecule has 1 saturated carbocycles. The zero-order chi connectivity index (χ0) is 16.1. The number of amides is 1. The molecule has 1 atom stereocenters. The Morgan fingerprint density at radius 1 is 1.36 bits per heavy atom. The molecule has 0 heterocycles. The Morgan fingerprint density at radius 2 is 2.14 bits per heavy atom. The molecular formula is C17H23BrN2OS. The van der Waals surface area contributed by atoms with E-state index in [0.717, 1.165) is 21.5 Å². The summed E-state index contributed by atoms with van der Waals surface area (Å²) in [5.74, 6) is 0.862. The number of aryl methyl sites for hydroxylation is 2. The van der Waals surface area contributed by atoms with Crippen LogP contribution in [0.1, 0.15) is 43.7 Å². The van der Waals surface area contributed by atoms with E-state index in [0.29, 0.717) is 11.7 Å². The topological polar surface area (TPSA) is 41.5 Å². The summed E-state index contributed by atoms with van der Waals surface area (Å²) in [7, 11) is 0. The van der Waals surface area contributed by atoms with Crippen LogP contribution in [0.25, 0.3) is 0 Å². The molecule has 22 heavy (non-hydrogen) atoms. The maximum Gasteiger partial charge on any atom is 0.250 e. The van der Waals surface area contributed by atoms with Crippen LogP contribution in [-0.4, -0.2) is 17.4 Å². The first-order valence-electron chi connectivity index (χ1n) is 7.72. The third kappa shape index (κ3) is 4.85. The van der Waals surface area contributed by atoms with Crippen molar-refractivity contribution in [1.29, 1.82) is 0 Å². The van der Waals surface area contributed by atoms with Crippen molar-refractivity contribution in [3.63, 3.8) is 0 Å². The molecule has 0 aliphatic heterocycles. The minimum Gasteiger partial charge on any atom is -0.272 e. The lowest BCUT2D eigenvalue weighted by molar-refractivity contribution is -0.118. The maximum absolute atomic E-state index is 12.0. The molecule has 1 unspecified atom stereocenters. The summed E-state index contributed by atoms with van der Waals surface area (Å²) in [6.45, 7) is 6.31. The second-order valence-electron chi connectivity index (χ2n) is 5.94. The molecule has 1 amide bonds. The fraction of sp³-hybridized carbons (Fsp3) is 0.529. The van der Waals surface area contributed by atoms with Gasteiger partial charge in [0.2, 0.25) is 5.91 Å². The standard InChI is InChI=1S/C17H23BrN2OS/c1-11-6-4-5-7-15(11)19-20-17(21)10-22-16-9-12(2)14(18)8-13(16)3/h8-9,11H,4-7,10H2,1-3H3,(H,20,21)/b19-15-. The molecule has 5 heteroatoms. The Morgan fingerprint density at radius 3 is 2.86 bits per heavy atom. The lowest BCUT2D eigenvalue weighted by Gasteiger charge is -2.19. The highest BCUT2D eigenvalue weighted by molar-refractivity contribution is 9.10. The van der Waals surface area contributed by atoms with E-state index in [4.69, 9.17) is 0 Å². The normalized spacial score (nSPS) is 20.2. The zero-order valence-corrected chi connectivity index (χ0v) is 15.8. The van der Waals surface area contributed by atoms with Crippen LogP contribution in [0, 0.1) is 19.8 Å². The Hall–Kier alpha value is -0.810. The van der Waals surface area contributed by atoms with Crippen LogP contribution < -0.4 is 5.43 Å². The number of carbonyl (C=O) groups excluding carboxylic acids is 1. The van der Waals surface area contributed by atoms with Crippen molar-refractivity contribution in [1.82, 2.24) is 5.43 Å². The van der Waals surface area contributed by atoms with Gasteiger partial charge in [-0.05, 0) is 62.3 Å². The van der Waals surface area contributed by atoms with E-state index >= 15 is 0 Å². The van der Waals surface area contributed by atoms with Crippen LogP contribution in [0.3, 0.4) is 0 Å². The molecule has 0 aromatic heterocycles. The summed E-state index contributed by atoms with van der Waals surface area (Å²) in [6, 6.07) is 4.21. The summed E-state index contributed by atoms with van der Waals surface area (Å²) in [5, 5.41) is 4.33. The van der Waals surface area contributed by atoms with Crippen LogP contribution >= 0.6 is 27.7 Å². The van der Waals surface area contributed by atoms with Crippen molar-refractivity contribution in [2.24, 2.45) is 11.0 Å². The summed E-state index contributed by atoms with van der Waals surface area (Å²) in [6.07, 6.45) is 4.65. The number of hydrogen-bond donors (Lipinski definition) is 1. The summed E-state index contributed by atoms with van der Waals surface area (Å²) in [4.78, 5) is 13.1. The van der Waals surface area contributed by atoms with Gasteiger partial charge in [-0.1, -0.05) is 29.3 Å². The smallest absolute Gasteiger partial charge is 0.250 e. The van der Waals surface area contributed by atoms with E-state index in [1.54, 1.807) is 11.8 Å². The van der Waals surface area contributed by atoms with Crippen molar-refractivity contribution < 1.29 is 4.79 Å². The molecule has 1 N–H and O–H groups in total. The van der Waals surface area contributed by atoms with E-state index in [9.17, 15) is 4.79 Å². The van der Waals surface area contributed by atoms with Gasteiger partial charge in [-0.3, -0.25) is 4.79 Å². The van der Waals surface area contributed by atoms with E-state index in [1.807, 2.05) is 0 Å². The number of nitrogens with zero attached hydrogens (tertiary/aromatic N) is 1. The number of carbonyl (C=O) groups is 1. The van der Waals surface area contributed by atoms with E-state index in [1.165, 1.54) is 30.4 Å². The highest BCUT2D eigenvalue weighted by Gasteiger charge is 2.16. The fourth-order valence-corrected chi connectivity index (χ4v) is 3.91. The van der Waals surface area contributed by atoms with Crippen LogP contribution in [0.2, 0.25) is 0 Å². The molecule has 1 aromatic carbocycles. The molecule has 1 aliphatic carbocycles. The lowest BCUT2D eigenvalue weighted by Crippen LogP contribution is -2.25. The predicted molar refractivity (Wildman–Crippen MR) is 97.5 cm³/mol. The van der Waals surface area contributed by atoms with Gasteiger partial charge in [-0.25, -0.2) is 5.43 Å². The van der Waals surface area contributed by atoms with E-state index in [-0.39, 0.29) is 5.91 Å². The van der Waals surface area contributed by atoms with Crippen LogP contribution in [-0.2, 0) is 4.79 Å². The SMILES string of the molecule is Cc1cc(SCC(=O)N/N=C2/CCCCC2C)c(C)cc1Br. The number of benzene rings is 1. The van der Waals surface area contributed by atoms with E-state index in [2.05, 4.69) is 59.4 Å². The van der Waals surface area contributed by atoms with Gasteiger partial charge in [0.15, 0.2) is 0 Å². The number of nitrogens with one attached hydrogen (secondary N) is 1. The Balaban J connectivity index is 1.88. The second kappa shape index (κ2) is 8.16. The van der Waals surface area contributed by atoms with Gasteiger partial charge in [0.05, 0.1) is 5.75 Å². The van der Waals surface area contributed by atoms with Crippen molar-refractivity contribution in [2.75, 3.05) is 5.75 Å². The molecule has 3 nitrogen and oxygen atoms in total. The molecule has 0 bridgehead atoms. The first-order chi connectivity index (χ1) is 10.5. The van der Waals surface area contributed by atoms with Gasteiger partial charge in [-0.15, -0.1) is 11.8 Å². The third-order valence-corrected chi connectivity index (χ3v) is 6.04. The average Bonchev–Trinajstić information content (AvgIpc) is 2.49. The summed E-state index contributed by atoms with van der Waals surface area (Å²) >= 11 is 5.09. The molecule has 0 radical (unpaired) electrons. The molecule has 0 spiro atoms. The van der Waals surface area contributed by atoms with Crippen molar-refractivity contribution in [3.05, 3.63) is 27.7 Å². The van der Waals surface area contributed by atoms with Crippen LogP contribution in [0.15, 0.2) is 26.6 Å². The van der Waals surface area contributed by atoms with Gasteiger partial charge < -0.3 is 0 Å². The van der Waals surface area contributed by atoms with Crippen molar-refractivity contribution >= 4 is 39.3 Å². The fourth-order valence-electron chi connectivity index (χ4n) is 2.56. The quantitative estimate of drug-likeness (QED) is 0.597. The number of rotatable bonds is 4. The minimum absolute atomic E-state index is 0.0322. The van der Waals surface area contributed by atoms with Gasteiger partial charge in [0.1, 0.15) is 0 Å². The van der Waals surface area contributed by atoms with Crippen molar-refractivity contribution in [3.8, 4) is 0 Å². The summed E-state index contributed by atoms with van der Waals surface area (Å²) < 4.78 is 1.11. The Bertz CT molecular complexity index is 586. The number of thioether (sulfide) groups is 1. The monoisotopic (exact) mass is 382 g/mol. The second-order valence-corrected chi connectivity index (χ2v) is 7.81. The molecule has 2 rings (SSSR count). The zero-order valence-electron chi connectivity index (χ0n) is 13.4. The number of halogens is 1. The highest BCUT2D eigenvalue weighted by Crippen LogP contribution is 2.28. The largest absolute Gasteiger partial charge is 0.272 e. The van der Waals surface area contributed by atoms with Crippen LogP contribution in [0.4, 0.5) is 0 Å². The number of hydrogen-bond acceptors (Lipinski definition) is 3. The minimum atomic E-state index is -0.0322. The molecule has 1 fully saturated rings. The molecular weight excluding hydrogens is 360 g/mol. The Kier molecular flexibility index (Phi) is 6.50. The van der Waals surface area contributed by atoms with Gasteiger partial charge in [-0.2, -0.15) is 5.10 Å². The molecule has 120 valence electrons. The third-order valence-electron chi connectivity index (χ3n) is 4.03. The van der Waals surface area contributed by atoms with Gasteiger partial charge in [0, 0.05) is 15.1 Å². The lowest BCUT2D eigenvalue weighted by atomic mass is 9.89.